The predicted molar refractivity (Wildman–Crippen MR) is 91.4 cm³/mol. The van der Waals surface area contributed by atoms with Crippen LogP contribution in [0.15, 0.2) is 34.9 Å². The van der Waals surface area contributed by atoms with Crippen LogP contribution < -0.4 is 5.32 Å². The molecule has 0 radical (unpaired) electrons. The minimum Gasteiger partial charge on any atom is -0.449 e. The molecule has 0 saturated carbocycles. The van der Waals surface area contributed by atoms with Crippen molar-refractivity contribution in [3.63, 3.8) is 0 Å². The predicted octanol–water partition coefficient (Wildman–Crippen LogP) is 3.57. The minimum absolute atomic E-state index is 0.0742. The number of carbonyl (C=O) groups excluding carboxylic acids is 1. The van der Waals surface area contributed by atoms with E-state index in [4.69, 9.17) is 4.42 Å². The summed E-state index contributed by atoms with van der Waals surface area (Å²) >= 11 is 0. The van der Waals surface area contributed by atoms with Crippen LogP contribution in [-0.2, 0) is 23.1 Å². The van der Waals surface area contributed by atoms with E-state index in [9.17, 15) is 4.79 Å². The number of amides is 1. The molecule has 0 unspecified atom stereocenters. The van der Waals surface area contributed by atoms with Crippen LogP contribution in [0.4, 0.5) is 0 Å². The van der Waals surface area contributed by atoms with Crippen LogP contribution in [0.2, 0.25) is 0 Å². The zero-order valence-electron chi connectivity index (χ0n) is 14.5. The Hall–Kier alpha value is -2.10. The lowest BCUT2D eigenvalue weighted by atomic mass is 9.86. The van der Waals surface area contributed by atoms with E-state index in [1.54, 1.807) is 6.26 Å². The summed E-state index contributed by atoms with van der Waals surface area (Å²) < 4.78 is 5.14. The van der Waals surface area contributed by atoms with Crippen LogP contribution in [0.3, 0.4) is 0 Å². The van der Waals surface area contributed by atoms with Crippen molar-refractivity contribution in [3.8, 4) is 0 Å². The summed E-state index contributed by atoms with van der Waals surface area (Å²) in [6.07, 6.45) is 3.60. The largest absolute Gasteiger partial charge is 0.449 e. The Balaban J connectivity index is 1.71. The standard InChI is InChI=1S/C19H26N2O2/c1-14-21-17(13-23-14)11-12-20-18(22)10-7-15-5-8-16(9-6-15)19(2,3)4/h5-6,8-9,13H,7,10-12H2,1-4H3,(H,20,22). The molecule has 2 aromatic rings. The van der Waals surface area contributed by atoms with Gasteiger partial charge < -0.3 is 9.73 Å². The minimum atomic E-state index is 0.0742. The average molecular weight is 314 g/mol. The number of hydrogen-bond acceptors (Lipinski definition) is 3. The fraction of sp³-hybridized carbons (Fsp3) is 0.474. The van der Waals surface area contributed by atoms with Crippen molar-refractivity contribution in [1.82, 2.24) is 10.3 Å². The van der Waals surface area contributed by atoms with Crippen LogP contribution in [-0.4, -0.2) is 17.4 Å². The molecule has 1 amide bonds. The maximum atomic E-state index is 11.9. The molecule has 0 aliphatic rings. The third-order valence-electron chi connectivity index (χ3n) is 3.83. The number of carbonyl (C=O) groups is 1. The second kappa shape index (κ2) is 7.44. The van der Waals surface area contributed by atoms with E-state index >= 15 is 0 Å². The van der Waals surface area contributed by atoms with Gasteiger partial charge in [0.2, 0.25) is 5.91 Å². The van der Waals surface area contributed by atoms with Crippen molar-refractivity contribution in [3.05, 3.63) is 53.2 Å². The first-order valence-corrected chi connectivity index (χ1v) is 8.12. The van der Waals surface area contributed by atoms with Crippen LogP contribution >= 0.6 is 0 Å². The third kappa shape index (κ3) is 5.55. The molecule has 0 saturated heterocycles. The number of aromatic nitrogens is 1. The Morgan fingerprint density at radius 3 is 2.43 bits per heavy atom. The molecule has 0 aliphatic carbocycles. The summed E-state index contributed by atoms with van der Waals surface area (Å²) in [5.41, 5.74) is 3.55. The molecule has 0 fully saturated rings. The van der Waals surface area contributed by atoms with Gasteiger partial charge in [0.15, 0.2) is 5.89 Å². The summed E-state index contributed by atoms with van der Waals surface area (Å²) in [5.74, 6) is 0.732. The molecule has 0 bridgehead atoms. The lowest BCUT2D eigenvalue weighted by molar-refractivity contribution is -0.121. The second-order valence-corrected chi connectivity index (χ2v) is 6.90. The summed E-state index contributed by atoms with van der Waals surface area (Å²) in [4.78, 5) is 16.1. The van der Waals surface area contributed by atoms with Gasteiger partial charge in [0.25, 0.3) is 0 Å². The number of nitrogens with one attached hydrogen (secondary N) is 1. The highest BCUT2D eigenvalue weighted by atomic mass is 16.3. The number of hydrogen-bond donors (Lipinski definition) is 1. The first-order valence-electron chi connectivity index (χ1n) is 8.12. The maximum Gasteiger partial charge on any atom is 0.220 e. The Morgan fingerprint density at radius 1 is 1.17 bits per heavy atom. The van der Waals surface area contributed by atoms with Crippen LogP contribution in [0.5, 0.6) is 0 Å². The van der Waals surface area contributed by atoms with Gasteiger partial charge in [-0.05, 0) is 23.0 Å². The topological polar surface area (TPSA) is 55.1 Å². The highest BCUT2D eigenvalue weighted by Crippen LogP contribution is 2.22. The molecular weight excluding hydrogens is 288 g/mol. The van der Waals surface area contributed by atoms with Gasteiger partial charge in [-0.15, -0.1) is 0 Å². The number of aryl methyl sites for hydroxylation is 2. The van der Waals surface area contributed by atoms with Gasteiger partial charge in [-0.3, -0.25) is 4.79 Å². The first-order chi connectivity index (χ1) is 10.8. The highest BCUT2D eigenvalue weighted by molar-refractivity contribution is 5.76. The smallest absolute Gasteiger partial charge is 0.220 e. The molecule has 1 N–H and O–H groups in total. The van der Waals surface area contributed by atoms with E-state index in [0.29, 0.717) is 25.3 Å². The van der Waals surface area contributed by atoms with Crippen molar-refractivity contribution in [2.24, 2.45) is 0 Å². The van der Waals surface area contributed by atoms with Crippen molar-refractivity contribution >= 4 is 5.91 Å². The first kappa shape index (κ1) is 17.3. The maximum absolute atomic E-state index is 11.9. The normalized spacial score (nSPS) is 11.5. The fourth-order valence-corrected chi connectivity index (χ4v) is 2.37. The molecule has 0 aliphatic heterocycles. The van der Waals surface area contributed by atoms with E-state index in [0.717, 1.165) is 12.1 Å². The van der Waals surface area contributed by atoms with Gasteiger partial charge in [0, 0.05) is 26.3 Å². The molecule has 0 atom stereocenters. The molecule has 1 aromatic carbocycles. The summed E-state index contributed by atoms with van der Waals surface area (Å²) in [6.45, 7) is 9.00. The summed E-state index contributed by atoms with van der Waals surface area (Å²) in [6, 6.07) is 8.54. The number of oxazole rings is 1. The number of nitrogens with zero attached hydrogens (tertiary/aromatic N) is 1. The lowest BCUT2D eigenvalue weighted by Crippen LogP contribution is -2.25. The molecule has 4 nitrogen and oxygen atoms in total. The molecule has 2 rings (SSSR count). The van der Waals surface area contributed by atoms with Gasteiger partial charge in [0.05, 0.1) is 5.69 Å². The highest BCUT2D eigenvalue weighted by Gasteiger charge is 2.13. The molecule has 124 valence electrons. The van der Waals surface area contributed by atoms with Crippen LogP contribution in [0, 0.1) is 6.92 Å². The quantitative estimate of drug-likeness (QED) is 0.887. The lowest BCUT2D eigenvalue weighted by Gasteiger charge is -2.19. The Morgan fingerprint density at radius 2 is 1.87 bits per heavy atom. The van der Waals surface area contributed by atoms with E-state index in [1.165, 1.54) is 11.1 Å². The van der Waals surface area contributed by atoms with Gasteiger partial charge in [0.1, 0.15) is 6.26 Å². The number of rotatable bonds is 6. The van der Waals surface area contributed by atoms with Gasteiger partial charge in [-0.2, -0.15) is 0 Å². The van der Waals surface area contributed by atoms with E-state index in [-0.39, 0.29) is 11.3 Å². The fourth-order valence-electron chi connectivity index (χ4n) is 2.37. The Kier molecular flexibility index (Phi) is 5.59. The van der Waals surface area contributed by atoms with Crippen molar-refractivity contribution in [1.29, 1.82) is 0 Å². The van der Waals surface area contributed by atoms with E-state index < -0.39 is 0 Å². The Labute approximate surface area is 138 Å². The summed E-state index contributed by atoms with van der Waals surface area (Å²) in [5, 5.41) is 2.93. The van der Waals surface area contributed by atoms with E-state index in [1.807, 2.05) is 6.92 Å². The number of benzene rings is 1. The van der Waals surface area contributed by atoms with Crippen molar-refractivity contribution in [2.45, 2.75) is 52.4 Å². The van der Waals surface area contributed by atoms with Crippen LogP contribution in [0.1, 0.15) is 49.9 Å². The van der Waals surface area contributed by atoms with Gasteiger partial charge >= 0.3 is 0 Å². The van der Waals surface area contributed by atoms with Crippen LogP contribution in [0.25, 0.3) is 0 Å². The monoisotopic (exact) mass is 314 g/mol. The second-order valence-electron chi connectivity index (χ2n) is 6.90. The molecule has 4 heteroatoms. The average Bonchev–Trinajstić information content (AvgIpc) is 2.90. The molecule has 0 spiro atoms. The van der Waals surface area contributed by atoms with Crippen molar-refractivity contribution in [2.75, 3.05) is 6.54 Å². The molecule has 1 heterocycles. The SMILES string of the molecule is Cc1nc(CCNC(=O)CCc2ccc(C(C)(C)C)cc2)co1. The third-order valence-corrected chi connectivity index (χ3v) is 3.83. The molecular formula is C19H26N2O2. The van der Waals surface area contributed by atoms with Gasteiger partial charge in [-0.25, -0.2) is 4.98 Å². The summed E-state index contributed by atoms with van der Waals surface area (Å²) in [7, 11) is 0. The zero-order chi connectivity index (χ0) is 16.9. The molecule has 1 aromatic heterocycles. The Bertz CT molecular complexity index is 636. The molecule has 23 heavy (non-hydrogen) atoms. The van der Waals surface area contributed by atoms with Crippen molar-refractivity contribution < 1.29 is 9.21 Å². The van der Waals surface area contributed by atoms with E-state index in [2.05, 4.69) is 55.3 Å². The van der Waals surface area contributed by atoms with Gasteiger partial charge in [-0.1, -0.05) is 45.0 Å². The zero-order valence-corrected chi connectivity index (χ0v) is 14.5.